The summed E-state index contributed by atoms with van der Waals surface area (Å²) in [5.74, 6) is 0.589. The average molecular weight is 393 g/mol. The number of aromatic nitrogens is 1. The summed E-state index contributed by atoms with van der Waals surface area (Å²) in [7, 11) is 3.36. The third kappa shape index (κ3) is 6.73. The van der Waals surface area contributed by atoms with E-state index < -0.39 is 11.9 Å². The molecule has 26 heavy (non-hydrogen) atoms. The van der Waals surface area contributed by atoms with Crippen LogP contribution in [0.25, 0.3) is 0 Å². The van der Waals surface area contributed by atoms with E-state index in [9.17, 15) is 13.2 Å². The Morgan fingerprint density at radius 1 is 1.42 bits per heavy atom. The number of likely N-dealkylation sites (tertiary alicyclic amines) is 1. The average Bonchev–Trinajstić information content (AvgIpc) is 3.09. The van der Waals surface area contributed by atoms with Gasteiger partial charge in [-0.3, -0.25) is 4.99 Å². The number of nitrogens with one attached hydrogen (secondary N) is 2. The van der Waals surface area contributed by atoms with Crippen LogP contribution in [0.1, 0.15) is 30.0 Å². The van der Waals surface area contributed by atoms with Gasteiger partial charge in [-0.05, 0) is 19.3 Å². The number of hydrogen-bond acceptors (Lipinski definition) is 5. The Morgan fingerprint density at radius 3 is 2.73 bits per heavy atom. The molecule has 1 aliphatic rings. The van der Waals surface area contributed by atoms with Crippen LogP contribution in [-0.4, -0.2) is 62.3 Å². The van der Waals surface area contributed by atoms with Crippen LogP contribution in [0.4, 0.5) is 13.2 Å². The lowest BCUT2D eigenvalue weighted by Gasteiger charge is -2.33. The van der Waals surface area contributed by atoms with E-state index in [2.05, 4.69) is 25.5 Å². The van der Waals surface area contributed by atoms with E-state index in [0.717, 1.165) is 62.2 Å². The molecule has 1 aromatic heterocycles. The fraction of sp³-hybridized carbons (Fsp3) is 0.750. The van der Waals surface area contributed by atoms with Gasteiger partial charge in [-0.15, -0.1) is 11.3 Å². The molecular formula is C16H26F3N5OS. The van der Waals surface area contributed by atoms with Gasteiger partial charge in [0.15, 0.2) is 11.7 Å². The van der Waals surface area contributed by atoms with Gasteiger partial charge < -0.3 is 20.3 Å². The van der Waals surface area contributed by atoms with Crippen LogP contribution in [-0.2, 0) is 17.5 Å². The van der Waals surface area contributed by atoms with E-state index in [1.807, 2.05) is 0 Å². The molecule has 0 saturated carbocycles. The van der Waals surface area contributed by atoms with E-state index in [1.165, 1.54) is 0 Å². The summed E-state index contributed by atoms with van der Waals surface area (Å²) in [5.41, 5.74) is -0.844. The van der Waals surface area contributed by atoms with Crippen LogP contribution < -0.4 is 10.6 Å². The van der Waals surface area contributed by atoms with Crippen molar-refractivity contribution in [3.05, 3.63) is 16.1 Å². The predicted octanol–water partition coefficient (Wildman–Crippen LogP) is 2.33. The molecule has 1 saturated heterocycles. The van der Waals surface area contributed by atoms with Gasteiger partial charge in [-0.2, -0.15) is 13.2 Å². The SMILES string of the molecule is CN=C(NCc1nc(C(F)(F)F)cs1)NC1CCN(CCCOC)CC1. The Kier molecular flexibility index (Phi) is 8.11. The van der Waals surface area contributed by atoms with E-state index in [1.54, 1.807) is 14.2 Å². The van der Waals surface area contributed by atoms with Crippen molar-refractivity contribution in [3.8, 4) is 0 Å². The van der Waals surface area contributed by atoms with Crippen LogP contribution in [0.15, 0.2) is 10.4 Å². The van der Waals surface area contributed by atoms with Gasteiger partial charge in [0, 0.05) is 51.8 Å². The standard InChI is InChI=1S/C16H26F3N5OS/c1-20-15(21-10-14-23-13(11-26-14)16(17,18)19)22-12-4-7-24(8-5-12)6-3-9-25-2/h11-12H,3-10H2,1-2H3,(H2,20,21,22). The van der Waals surface area contributed by atoms with E-state index in [0.29, 0.717) is 17.0 Å². The van der Waals surface area contributed by atoms with Gasteiger partial charge in [-0.25, -0.2) is 4.98 Å². The Labute approximate surface area is 155 Å². The summed E-state index contributed by atoms with van der Waals surface area (Å²) in [5, 5.41) is 7.80. The van der Waals surface area contributed by atoms with Gasteiger partial charge in [0.1, 0.15) is 5.01 Å². The molecular weight excluding hydrogens is 367 g/mol. The molecule has 2 heterocycles. The van der Waals surface area contributed by atoms with Gasteiger partial charge in [0.25, 0.3) is 0 Å². The quantitative estimate of drug-likeness (QED) is 0.423. The lowest BCUT2D eigenvalue weighted by Crippen LogP contribution is -2.48. The summed E-state index contributed by atoms with van der Waals surface area (Å²) >= 11 is 0.991. The zero-order valence-electron chi connectivity index (χ0n) is 15.1. The minimum atomic E-state index is -4.40. The summed E-state index contributed by atoms with van der Waals surface area (Å²) in [6.45, 7) is 4.07. The third-order valence-corrected chi connectivity index (χ3v) is 5.07. The Hall–Kier alpha value is -1.39. The van der Waals surface area contributed by atoms with E-state index >= 15 is 0 Å². The monoisotopic (exact) mass is 393 g/mol. The molecule has 0 spiro atoms. The lowest BCUT2D eigenvalue weighted by atomic mass is 10.1. The normalized spacial score (nSPS) is 17.5. The summed E-state index contributed by atoms with van der Waals surface area (Å²) < 4.78 is 42.8. The summed E-state index contributed by atoms with van der Waals surface area (Å²) in [4.78, 5) is 10.2. The minimum absolute atomic E-state index is 0.219. The largest absolute Gasteiger partial charge is 0.434 e. The summed E-state index contributed by atoms with van der Waals surface area (Å²) in [6, 6.07) is 0.307. The number of rotatable bonds is 7. The van der Waals surface area contributed by atoms with Gasteiger partial charge in [0.05, 0.1) is 6.54 Å². The second-order valence-corrected chi connectivity index (χ2v) is 7.10. The van der Waals surface area contributed by atoms with Crippen LogP contribution >= 0.6 is 11.3 Å². The molecule has 1 aromatic rings. The van der Waals surface area contributed by atoms with Gasteiger partial charge >= 0.3 is 6.18 Å². The van der Waals surface area contributed by atoms with E-state index in [4.69, 9.17) is 4.74 Å². The number of methoxy groups -OCH3 is 1. The first-order valence-electron chi connectivity index (χ1n) is 8.62. The fourth-order valence-corrected chi connectivity index (χ4v) is 3.54. The van der Waals surface area contributed by atoms with Crippen molar-refractivity contribution in [2.75, 3.05) is 40.4 Å². The van der Waals surface area contributed by atoms with Crippen molar-refractivity contribution in [2.45, 2.75) is 38.0 Å². The predicted molar refractivity (Wildman–Crippen MR) is 96.4 cm³/mol. The number of piperidine rings is 1. The van der Waals surface area contributed by atoms with E-state index in [-0.39, 0.29) is 6.54 Å². The van der Waals surface area contributed by atoms with Crippen molar-refractivity contribution in [3.63, 3.8) is 0 Å². The molecule has 2 rings (SSSR count). The fourth-order valence-electron chi connectivity index (χ4n) is 2.80. The summed E-state index contributed by atoms with van der Waals surface area (Å²) in [6.07, 6.45) is -1.36. The molecule has 6 nitrogen and oxygen atoms in total. The lowest BCUT2D eigenvalue weighted by molar-refractivity contribution is -0.140. The molecule has 0 amide bonds. The molecule has 0 aliphatic carbocycles. The van der Waals surface area contributed by atoms with Gasteiger partial charge in [0.2, 0.25) is 0 Å². The van der Waals surface area contributed by atoms with Crippen LogP contribution in [0, 0.1) is 0 Å². The molecule has 0 unspecified atom stereocenters. The highest BCUT2D eigenvalue weighted by Crippen LogP contribution is 2.29. The highest BCUT2D eigenvalue weighted by atomic mass is 32.1. The maximum atomic E-state index is 12.6. The molecule has 0 radical (unpaired) electrons. The molecule has 1 fully saturated rings. The van der Waals surface area contributed by atoms with Crippen LogP contribution in [0.5, 0.6) is 0 Å². The molecule has 1 aliphatic heterocycles. The van der Waals surface area contributed by atoms with Gasteiger partial charge in [-0.1, -0.05) is 0 Å². The third-order valence-electron chi connectivity index (χ3n) is 4.22. The first-order valence-corrected chi connectivity index (χ1v) is 9.50. The molecule has 0 atom stereocenters. The molecule has 0 bridgehead atoms. The number of aliphatic imine (C=N–C) groups is 1. The number of hydrogen-bond donors (Lipinski definition) is 2. The first kappa shape index (κ1) is 20.9. The Morgan fingerprint density at radius 2 is 2.15 bits per heavy atom. The zero-order chi connectivity index (χ0) is 19.0. The van der Waals surface area contributed by atoms with Crippen molar-refractivity contribution >= 4 is 17.3 Å². The van der Waals surface area contributed by atoms with Crippen LogP contribution in [0.2, 0.25) is 0 Å². The first-order chi connectivity index (χ1) is 12.4. The van der Waals surface area contributed by atoms with Crippen molar-refractivity contribution in [2.24, 2.45) is 4.99 Å². The number of guanidine groups is 1. The molecule has 10 heteroatoms. The topological polar surface area (TPSA) is 61.8 Å². The molecule has 148 valence electrons. The number of nitrogens with zero attached hydrogens (tertiary/aromatic N) is 3. The number of halogens is 3. The number of thiazole rings is 1. The second-order valence-electron chi connectivity index (χ2n) is 6.16. The molecule has 2 N–H and O–H groups in total. The number of ether oxygens (including phenoxy) is 1. The highest BCUT2D eigenvalue weighted by molar-refractivity contribution is 7.09. The van der Waals surface area contributed by atoms with Crippen molar-refractivity contribution < 1.29 is 17.9 Å². The maximum Gasteiger partial charge on any atom is 0.434 e. The second kappa shape index (κ2) is 10.1. The Balaban J connectivity index is 1.72. The molecule has 0 aromatic carbocycles. The maximum absolute atomic E-state index is 12.6. The highest BCUT2D eigenvalue weighted by Gasteiger charge is 2.33. The minimum Gasteiger partial charge on any atom is -0.385 e. The van der Waals surface area contributed by atoms with Crippen molar-refractivity contribution in [1.82, 2.24) is 20.5 Å². The van der Waals surface area contributed by atoms with Crippen LogP contribution in [0.3, 0.4) is 0 Å². The zero-order valence-corrected chi connectivity index (χ0v) is 15.9. The van der Waals surface area contributed by atoms with Crippen molar-refractivity contribution in [1.29, 1.82) is 0 Å². The smallest absolute Gasteiger partial charge is 0.385 e. The Bertz CT molecular complexity index is 570. The number of alkyl halides is 3.